The highest BCUT2D eigenvalue weighted by Crippen LogP contribution is 2.41. The minimum absolute atomic E-state index is 0.0217. The van der Waals surface area contributed by atoms with E-state index in [1.807, 2.05) is 12.1 Å². The zero-order valence-electron chi connectivity index (χ0n) is 17.9. The first kappa shape index (κ1) is 24.3. The number of benzene rings is 1. The molecule has 4 N–H and O–H groups in total. The van der Waals surface area contributed by atoms with E-state index in [2.05, 4.69) is 20.3 Å². The van der Waals surface area contributed by atoms with Crippen LogP contribution in [0.5, 0.6) is 0 Å². The fourth-order valence-corrected chi connectivity index (χ4v) is 4.63. The standard InChI is InChI=1S/C20H22N7O5PS/c21-7-4-8-30-33(22,34)31-10-14-9-15(28)20(32-14)27-12-25-16-17(23-11-24-18(16)27)26-19(29)13-5-2-1-3-6-13/h1-3,5-6,11-12,14-15,20,28H,4,8-10H2,(H2,22,34)(H,23,24,26,29)/t14-,15+,20+,33?/m0/s1. The van der Waals surface area contributed by atoms with Gasteiger partial charge in [-0.05, 0) is 23.9 Å². The first-order valence-electron chi connectivity index (χ1n) is 10.3. The van der Waals surface area contributed by atoms with Crippen LogP contribution in [-0.4, -0.2) is 56.0 Å². The van der Waals surface area contributed by atoms with Gasteiger partial charge in [0.25, 0.3) is 12.5 Å². The van der Waals surface area contributed by atoms with Crippen LogP contribution in [0.2, 0.25) is 0 Å². The van der Waals surface area contributed by atoms with Crippen LogP contribution >= 0.6 is 6.64 Å². The summed E-state index contributed by atoms with van der Waals surface area (Å²) in [6.07, 6.45) is 1.02. The van der Waals surface area contributed by atoms with Gasteiger partial charge in [-0.2, -0.15) is 5.26 Å². The van der Waals surface area contributed by atoms with Gasteiger partial charge in [-0.25, -0.2) is 15.0 Å². The van der Waals surface area contributed by atoms with Crippen molar-refractivity contribution < 1.29 is 23.7 Å². The van der Waals surface area contributed by atoms with Crippen LogP contribution in [0, 0.1) is 11.3 Å². The number of aliphatic hydroxyl groups is 1. The lowest BCUT2D eigenvalue weighted by Gasteiger charge is -2.20. The molecule has 1 fully saturated rings. The molecule has 3 aromatic rings. The number of fused-ring (bicyclic) bond motifs is 1. The molecule has 1 aliphatic rings. The number of hydrogen-bond acceptors (Lipinski definition) is 10. The Kier molecular flexibility index (Phi) is 7.60. The van der Waals surface area contributed by atoms with Crippen LogP contribution < -0.4 is 10.8 Å². The van der Waals surface area contributed by atoms with Gasteiger partial charge in [-0.1, -0.05) is 18.2 Å². The van der Waals surface area contributed by atoms with E-state index in [0.717, 1.165) is 0 Å². The molecule has 34 heavy (non-hydrogen) atoms. The predicted octanol–water partition coefficient (Wildman–Crippen LogP) is 1.86. The largest absolute Gasteiger partial charge is 0.388 e. The first-order valence-corrected chi connectivity index (χ1v) is 13.0. The van der Waals surface area contributed by atoms with Crippen LogP contribution in [0.1, 0.15) is 29.4 Å². The highest BCUT2D eigenvalue weighted by atomic mass is 32.5. The normalized spacial score (nSPS) is 21.7. The smallest absolute Gasteiger partial charge is 0.258 e. The molecule has 14 heteroatoms. The number of rotatable bonds is 9. The summed E-state index contributed by atoms with van der Waals surface area (Å²) in [5.74, 6) is -0.0951. The number of carbonyl (C=O) groups excluding carboxylic acids is 1. The van der Waals surface area contributed by atoms with Crippen molar-refractivity contribution in [2.24, 2.45) is 5.50 Å². The molecule has 1 aromatic carbocycles. The highest BCUT2D eigenvalue weighted by Gasteiger charge is 2.37. The number of nitriles is 1. The maximum Gasteiger partial charge on any atom is 0.258 e. The maximum atomic E-state index is 12.5. The van der Waals surface area contributed by atoms with E-state index >= 15 is 0 Å². The lowest BCUT2D eigenvalue weighted by atomic mass is 10.2. The molecular weight excluding hydrogens is 481 g/mol. The summed E-state index contributed by atoms with van der Waals surface area (Å²) in [4.78, 5) is 25.2. The average molecular weight is 503 g/mol. The van der Waals surface area contributed by atoms with Crippen molar-refractivity contribution in [3.05, 3.63) is 48.5 Å². The van der Waals surface area contributed by atoms with Gasteiger partial charge in [0.15, 0.2) is 23.2 Å². The molecule has 12 nitrogen and oxygen atoms in total. The Morgan fingerprint density at radius 3 is 2.91 bits per heavy atom. The van der Waals surface area contributed by atoms with Crippen molar-refractivity contribution in [2.45, 2.75) is 31.3 Å². The Bertz CT molecular complexity index is 1250. The Labute approximate surface area is 199 Å². The molecule has 0 saturated carbocycles. The van der Waals surface area contributed by atoms with Crippen LogP contribution in [0.3, 0.4) is 0 Å². The topological polar surface area (TPSA) is 170 Å². The molecule has 0 radical (unpaired) electrons. The van der Waals surface area contributed by atoms with Gasteiger partial charge in [0, 0.05) is 12.0 Å². The zero-order chi connectivity index (χ0) is 24.1. The lowest BCUT2D eigenvalue weighted by Crippen LogP contribution is -2.20. The average Bonchev–Trinajstić information content (AvgIpc) is 3.42. The Hall–Kier alpha value is -2.82. The van der Waals surface area contributed by atoms with E-state index in [9.17, 15) is 9.90 Å². The monoisotopic (exact) mass is 503 g/mol. The second kappa shape index (κ2) is 10.6. The summed E-state index contributed by atoms with van der Waals surface area (Å²) in [6, 6.07) is 10.7. The third-order valence-corrected chi connectivity index (χ3v) is 6.68. The van der Waals surface area contributed by atoms with Gasteiger partial charge in [0.2, 0.25) is 0 Å². The Balaban J connectivity index is 1.45. The van der Waals surface area contributed by atoms with E-state index in [-0.39, 0.29) is 37.8 Å². The second-order valence-electron chi connectivity index (χ2n) is 7.40. The SMILES string of the molecule is N#CCCOP(N)(=S)OC[C@@H]1C[C@@H](O)[C@H](n2cnc3c(NC(=O)c4ccccc4)ncnc32)O1. The number of nitrogens with zero attached hydrogens (tertiary/aromatic N) is 5. The number of imidazole rings is 1. The van der Waals surface area contributed by atoms with Crippen LogP contribution in [-0.2, 0) is 25.6 Å². The molecule has 178 valence electrons. The summed E-state index contributed by atoms with van der Waals surface area (Å²) < 4.78 is 18.3. The second-order valence-corrected chi connectivity index (χ2v) is 10.5. The van der Waals surface area contributed by atoms with Crippen molar-refractivity contribution in [3.8, 4) is 6.07 Å². The minimum atomic E-state index is -3.02. The fourth-order valence-electron chi connectivity index (χ4n) is 3.43. The number of ether oxygens (including phenoxy) is 1. The third-order valence-electron chi connectivity index (χ3n) is 4.99. The van der Waals surface area contributed by atoms with Crippen molar-refractivity contribution in [1.29, 1.82) is 5.26 Å². The number of amides is 1. The summed E-state index contributed by atoms with van der Waals surface area (Å²) in [6.45, 7) is -2.91. The molecule has 4 rings (SSSR count). The first-order chi connectivity index (χ1) is 16.4. The van der Waals surface area contributed by atoms with Crippen LogP contribution in [0.4, 0.5) is 5.82 Å². The fraction of sp³-hybridized carbons (Fsp3) is 0.350. The van der Waals surface area contributed by atoms with E-state index in [4.69, 9.17) is 36.4 Å². The quantitative estimate of drug-likeness (QED) is 0.288. The zero-order valence-corrected chi connectivity index (χ0v) is 19.6. The summed E-state index contributed by atoms with van der Waals surface area (Å²) in [5, 5.41) is 21.9. The molecule has 2 aromatic heterocycles. The molecule has 1 amide bonds. The molecule has 1 saturated heterocycles. The third kappa shape index (κ3) is 5.63. The van der Waals surface area contributed by atoms with Gasteiger partial charge in [-0.3, -0.25) is 14.9 Å². The van der Waals surface area contributed by atoms with Crippen molar-refractivity contribution >= 4 is 41.3 Å². The van der Waals surface area contributed by atoms with Gasteiger partial charge >= 0.3 is 0 Å². The minimum Gasteiger partial charge on any atom is -0.388 e. The van der Waals surface area contributed by atoms with Crippen molar-refractivity contribution in [1.82, 2.24) is 19.5 Å². The number of carbonyl (C=O) groups is 1. The number of aliphatic hydroxyl groups excluding tert-OH is 1. The van der Waals surface area contributed by atoms with E-state index < -0.39 is 25.1 Å². The predicted molar refractivity (Wildman–Crippen MR) is 125 cm³/mol. The number of nitrogens with one attached hydrogen (secondary N) is 1. The van der Waals surface area contributed by atoms with Crippen LogP contribution in [0.25, 0.3) is 11.2 Å². The van der Waals surface area contributed by atoms with Crippen molar-refractivity contribution in [2.75, 3.05) is 18.5 Å². The van der Waals surface area contributed by atoms with Gasteiger partial charge < -0.3 is 24.2 Å². The molecule has 3 heterocycles. The van der Waals surface area contributed by atoms with E-state index in [1.165, 1.54) is 12.7 Å². The Morgan fingerprint density at radius 2 is 2.15 bits per heavy atom. The number of aromatic nitrogens is 4. The van der Waals surface area contributed by atoms with Crippen LogP contribution in [0.15, 0.2) is 43.0 Å². The summed E-state index contributed by atoms with van der Waals surface area (Å²) in [5.41, 5.74) is 7.07. The molecule has 0 aliphatic carbocycles. The Morgan fingerprint density at radius 1 is 1.35 bits per heavy atom. The highest BCUT2D eigenvalue weighted by molar-refractivity contribution is 8.08. The van der Waals surface area contributed by atoms with E-state index in [1.54, 1.807) is 28.8 Å². The number of hydrogen-bond donors (Lipinski definition) is 3. The molecule has 4 atom stereocenters. The van der Waals surface area contributed by atoms with E-state index in [0.29, 0.717) is 16.7 Å². The van der Waals surface area contributed by atoms with Gasteiger partial charge in [0.05, 0.1) is 38.1 Å². The lowest BCUT2D eigenvalue weighted by molar-refractivity contribution is -0.0460. The van der Waals surface area contributed by atoms with Gasteiger partial charge in [0.1, 0.15) is 12.4 Å². The molecular formula is C20H22N7O5PS. The molecule has 1 aliphatic heterocycles. The maximum absolute atomic E-state index is 12.5. The molecule has 1 unspecified atom stereocenters. The van der Waals surface area contributed by atoms with Crippen molar-refractivity contribution in [3.63, 3.8) is 0 Å². The van der Waals surface area contributed by atoms with Gasteiger partial charge in [-0.15, -0.1) is 0 Å². The molecule has 0 spiro atoms. The summed E-state index contributed by atoms with van der Waals surface area (Å²) >= 11 is 5.13. The number of nitrogens with two attached hydrogens (primary N) is 1. The molecule has 0 bridgehead atoms. The number of anilines is 1. The summed E-state index contributed by atoms with van der Waals surface area (Å²) in [7, 11) is 0.